The van der Waals surface area contributed by atoms with E-state index >= 15 is 0 Å². The molecule has 90 valence electrons. The summed E-state index contributed by atoms with van der Waals surface area (Å²) in [6.07, 6.45) is 0.871. The summed E-state index contributed by atoms with van der Waals surface area (Å²) in [4.78, 5) is 0.883. The molecule has 0 aromatic heterocycles. The first kappa shape index (κ1) is 13.4. The van der Waals surface area contributed by atoms with Gasteiger partial charge in [-0.05, 0) is 30.0 Å². The second kappa shape index (κ2) is 6.16. The van der Waals surface area contributed by atoms with Gasteiger partial charge in [0.25, 0.3) is 0 Å². The molecule has 1 rings (SSSR count). The third-order valence-electron chi connectivity index (χ3n) is 2.70. The molecule has 0 radical (unpaired) electrons. The Bertz CT molecular complexity index is 345. The van der Waals surface area contributed by atoms with Crippen LogP contribution in [0.4, 0.5) is 0 Å². The standard InChI is InChI=1S/C13H21NOS/c1-4-12(14)9-16(15)13-7-5-11(6-8-13)10(2)3/h5-8,10,12H,4,9,14H2,1-3H3. The molecular weight excluding hydrogens is 218 g/mol. The number of nitrogens with two attached hydrogens (primary N) is 1. The summed E-state index contributed by atoms with van der Waals surface area (Å²) in [6.45, 7) is 6.32. The van der Waals surface area contributed by atoms with Crippen molar-refractivity contribution < 1.29 is 4.21 Å². The van der Waals surface area contributed by atoms with E-state index in [4.69, 9.17) is 5.73 Å². The molecule has 2 N–H and O–H groups in total. The van der Waals surface area contributed by atoms with Crippen LogP contribution in [0.2, 0.25) is 0 Å². The summed E-state index contributed by atoms with van der Waals surface area (Å²) in [5.41, 5.74) is 7.07. The Balaban J connectivity index is 2.70. The molecule has 0 amide bonds. The maximum Gasteiger partial charge on any atom is 0.0545 e. The van der Waals surface area contributed by atoms with Gasteiger partial charge in [-0.15, -0.1) is 0 Å². The molecule has 2 atom stereocenters. The van der Waals surface area contributed by atoms with Gasteiger partial charge < -0.3 is 5.73 Å². The lowest BCUT2D eigenvalue weighted by Crippen LogP contribution is -2.25. The molecule has 2 unspecified atom stereocenters. The third kappa shape index (κ3) is 3.72. The van der Waals surface area contributed by atoms with Crippen LogP contribution in [0.25, 0.3) is 0 Å². The molecule has 0 fully saturated rings. The maximum atomic E-state index is 11.9. The summed E-state index contributed by atoms with van der Waals surface area (Å²) < 4.78 is 11.9. The smallest absolute Gasteiger partial charge is 0.0545 e. The highest BCUT2D eigenvalue weighted by molar-refractivity contribution is 7.85. The van der Waals surface area contributed by atoms with Crippen LogP contribution in [0, 0.1) is 0 Å². The van der Waals surface area contributed by atoms with Crippen molar-refractivity contribution in [2.24, 2.45) is 5.73 Å². The molecule has 0 bridgehead atoms. The van der Waals surface area contributed by atoms with Crippen molar-refractivity contribution in [1.82, 2.24) is 0 Å². The lowest BCUT2D eigenvalue weighted by atomic mass is 10.0. The van der Waals surface area contributed by atoms with Gasteiger partial charge in [-0.2, -0.15) is 0 Å². The first-order valence-corrected chi connectivity index (χ1v) is 7.10. The molecule has 1 aromatic rings. The lowest BCUT2D eigenvalue weighted by Gasteiger charge is -2.09. The SMILES string of the molecule is CCC(N)CS(=O)c1ccc(C(C)C)cc1. The molecule has 0 aliphatic heterocycles. The first-order chi connectivity index (χ1) is 7.54. The van der Waals surface area contributed by atoms with Crippen LogP contribution in [-0.4, -0.2) is 16.0 Å². The van der Waals surface area contributed by atoms with Crippen LogP contribution in [0.3, 0.4) is 0 Å². The highest BCUT2D eigenvalue weighted by Crippen LogP contribution is 2.16. The van der Waals surface area contributed by atoms with Gasteiger partial charge >= 0.3 is 0 Å². The Morgan fingerprint density at radius 2 is 1.81 bits per heavy atom. The van der Waals surface area contributed by atoms with Gasteiger partial charge in [-0.1, -0.05) is 32.9 Å². The third-order valence-corrected chi connectivity index (χ3v) is 4.23. The molecule has 0 heterocycles. The van der Waals surface area contributed by atoms with E-state index in [1.54, 1.807) is 0 Å². The average Bonchev–Trinajstić information content (AvgIpc) is 2.28. The summed E-state index contributed by atoms with van der Waals surface area (Å²) in [5, 5.41) is 0. The summed E-state index contributed by atoms with van der Waals surface area (Å²) >= 11 is 0. The van der Waals surface area contributed by atoms with Gasteiger partial charge in [0, 0.05) is 16.7 Å². The zero-order valence-corrected chi connectivity index (χ0v) is 11.1. The predicted molar refractivity (Wildman–Crippen MR) is 70.1 cm³/mol. The molecule has 1 aromatic carbocycles. The molecule has 0 aliphatic rings. The van der Waals surface area contributed by atoms with Gasteiger partial charge in [0.2, 0.25) is 0 Å². The minimum Gasteiger partial charge on any atom is -0.327 e. The number of rotatable bonds is 5. The van der Waals surface area contributed by atoms with Crippen molar-refractivity contribution in [3.63, 3.8) is 0 Å². The van der Waals surface area contributed by atoms with Crippen LogP contribution in [0.1, 0.15) is 38.7 Å². The Labute approximate surface area is 101 Å². The van der Waals surface area contributed by atoms with Gasteiger partial charge in [0.05, 0.1) is 10.8 Å². The van der Waals surface area contributed by atoms with Crippen LogP contribution in [0.5, 0.6) is 0 Å². The van der Waals surface area contributed by atoms with Crippen molar-refractivity contribution >= 4 is 10.8 Å². The van der Waals surface area contributed by atoms with E-state index in [0.29, 0.717) is 11.7 Å². The van der Waals surface area contributed by atoms with E-state index in [9.17, 15) is 4.21 Å². The van der Waals surface area contributed by atoms with E-state index in [-0.39, 0.29) is 6.04 Å². The molecule has 0 spiro atoms. The van der Waals surface area contributed by atoms with Crippen LogP contribution < -0.4 is 5.73 Å². The van der Waals surface area contributed by atoms with Crippen molar-refractivity contribution in [3.8, 4) is 0 Å². The van der Waals surface area contributed by atoms with Gasteiger partial charge in [-0.3, -0.25) is 4.21 Å². The molecule has 0 saturated heterocycles. The predicted octanol–water partition coefficient (Wildman–Crippen LogP) is 2.65. The van der Waals surface area contributed by atoms with E-state index in [2.05, 4.69) is 26.0 Å². The molecular formula is C13H21NOS. The van der Waals surface area contributed by atoms with Gasteiger partial charge in [0.1, 0.15) is 0 Å². The van der Waals surface area contributed by atoms with E-state index in [0.717, 1.165) is 11.3 Å². The molecule has 0 aliphatic carbocycles. The molecule has 16 heavy (non-hydrogen) atoms. The normalized spacial score (nSPS) is 15.1. The summed E-state index contributed by atoms with van der Waals surface area (Å²) in [5.74, 6) is 1.07. The molecule has 0 saturated carbocycles. The fourth-order valence-electron chi connectivity index (χ4n) is 1.41. The number of benzene rings is 1. The summed E-state index contributed by atoms with van der Waals surface area (Å²) in [6, 6.07) is 8.04. The fourth-order valence-corrected chi connectivity index (χ4v) is 2.67. The Hall–Kier alpha value is -0.670. The van der Waals surface area contributed by atoms with Crippen molar-refractivity contribution in [3.05, 3.63) is 29.8 Å². The Kier molecular flexibility index (Phi) is 5.16. The zero-order valence-electron chi connectivity index (χ0n) is 10.3. The molecule has 3 heteroatoms. The Morgan fingerprint density at radius 3 is 2.25 bits per heavy atom. The second-order valence-electron chi connectivity index (χ2n) is 4.40. The van der Waals surface area contributed by atoms with E-state index in [1.807, 2.05) is 19.1 Å². The summed E-state index contributed by atoms with van der Waals surface area (Å²) in [7, 11) is -0.960. The second-order valence-corrected chi connectivity index (χ2v) is 5.90. The van der Waals surface area contributed by atoms with Crippen molar-refractivity contribution in [2.45, 2.75) is 44.0 Å². The zero-order chi connectivity index (χ0) is 12.1. The Morgan fingerprint density at radius 1 is 1.25 bits per heavy atom. The average molecular weight is 239 g/mol. The maximum absolute atomic E-state index is 11.9. The van der Waals surface area contributed by atoms with Crippen LogP contribution >= 0.6 is 0 Å². The van der Waals surface area contributed by atoms with Crippen molar-refractivity contribution in [2.75, 3.05) is 5.75 Å². The minimum atomic E-state index is -0.960. The number of hydrogen-bond donors (Lipinski definition) is 1. The highest BCUT2D eigenvalue weighted by atomic mass is 32.2. The molecule has 2 nitrogen and oxygen atoms in total. The van der Waals surface area contributed by atoms with E-state index < -0.39 is 10.8 Å². The first-order valence-electron chi connectivity index (χ1n) is 5.78. The van der Waals surface area contributed by atoms with Crippen molar-refractivity contribution in [1.29, 1.82) is 0 Å². The number of hydrogen-bond acceptors (Lipinski definition) is 2. The fraction of sp³-hybridized carbons (Fsp3) is 0.538. The lowest BCUT2D eigenvalue weighted by molar-refractivity contribution is 0.663. The minimum absolute atomic E-state index is 0.0330. The van der Waals surface area contributed by atoms with Crippen LogP contribution in [0.15, 0.2) is 29.2 Å². The highest BCUT2D eigenvalue weighted by Gasteiger charge is 2.09. The van der Waals surface area contributed by atoms with Crippen LogP contribution in [-0.2, 0) is 10.8 Å². The van der Waals surface area contributed by atoms with E-state index in [1.165, 1.54) is 5.56 Å². The quantitative estimate of drug-likeness (QED) is 0.858. The topological polar surface area (TPSA) is 43.1 Å². The van der Waals surface area contributed by atoms with Gasteiger partial charge in [0.15, 0.2) is 0 Å². The largest absolute Gasteiger partial charge is 0.327 e. The monoisotopic (exact) mass is 239 g/mol. The van der Waals surface area contributed by atoms with Gasteiger partial charge in [-0.25, -0.2) is 0 Å².